The fourth-order valence-corrected chi connectivity index (χ4v) is 3.68. The molecule has 2 heterocycles. The van der Waals surface area contributed by atoms with E-state index in [0.29, 0.717) is 33.1 Å². The highest BCUT2D eigenvalue weighted by Crippen LogP contribution is 2.25. The largest absolute Gasteiger partial charge is 0.268 e. The first-order chi connectivity index (χ1) is 12.7. The normalized spacial score (nSPS) is 11.0. The molecule has 0 unspecified atom stereocenters. The number of benzene rings is 2. The van der Waals surface area contributed by atoms with Gasteiger partial charge in [-0.25, -0.2) is 9.37 Å². The molecule has 0 amide bonds. The van der Waals surface area contributed by atoms with Crippen LogP contribution in [-0.4, -0.2) is 14.5 Å². The summed E-state index contributed by atoms with van der Waals surface area (Å²) in [6.07, 6.45) is 3.26. The van der Waals surface area contributed by atoms with Gasteiger partial charge in [0.1, 0.15) is 5.82 Å². The Morgan fingerprint density at radius 2 is 1.81 bits per heavy atom. The van der Waals surface area contributed by atoms with Gasteiger partial charge in [-0.2, -0.15) is 0 Å². The van der Waals surface area contributed by atoms with Crippen LogP contribution in [0.1, 0.15) is 5.56 Å². The molecule has 0 aliphatic carbocycles. The van der Waals surface area contributed by atoms with Crippen LogP contribution in [0, 0.1) is 5.82 Å². The third-order valence-corrected chi connectivity index (χ3v) is 4.95. The molecule has 0 saturated carbocycles. The van der Waals surface area contributed by atoms with E-state index in [0.717, 1.165) is 0 Å². The Labute approximate surface area is 153 Å². The van der Waals surface area contributed by atoms with Crippen LogP contribution in [0.4, 0.5) is 4.39 Å². The number of nitrogens with zero attached hydrogens (tertiary/aromatic N) is 3. The average molecular weight is 363 g/mol. The molecule has 0 N–H and O–H groups in total. The molecule has 0 saturated heterocycles. The Kier molecular flexibility index (Phi) is 4.50. The van der Waals surface area contributed by atoms with E-state index in [1.54, 1.807) is 54.9 Å². The molecule has 6 heteroatoms. The van der Waals surface area contributed by atoms with Crippen molar-refractivity contribution >= 4 is 22.7 Å². The molecule has 0 aliphatic heterocycles. The lowest BCUT2D eigenvalue weighted by Crippen LogP contribution is -2.21. The summed E-state index contributed by atoms with van der Waals surface area (Å²) in [6.45, 7) is 0. The SMILES string of the molecule is O=c1c2ccccc2nc(SCc2ccccc2F)n1-c1cccnc1. The topological polar surface area (TPSA) is 47.8 Å². The van der Waals surface area contributed by atoms with Crippen LogP contribution < -0.4 is 5.56 Å². The first-order valence-electron chi connectivity index (χ1n) is 8.02. The third-order valence-electron chi connectivity index (χ3n) is 3.96. The standard InChI is InChI=1S/C20H14FN3OS/c21-17-9-3-1-6-14(17)13-26-20-23-18-10-4-2-8-16(18)19(25)24(20)15-7-5-11-22-12-15/h1-12H,13H2. The highest BCUT2D eigenvalue weighted by Gasteiger charge is 2.14. The van der Waals surface area contributed by atoms with Crippen molar-refractivity contribution in [1.29, 1.82) is 0 Å². The van der Waals surface area contributed by atoms with Crippen molar-refractivity contribution in [3.8, 4) is 5.69 Å². The van der Waals surface area contributed by atoms with Crippen LogP contribution in [0.2, 0.25) is 0 Å². The predicted molar refractivity (Wildman–Crippen MR) is 101 cm³/mol. The second kappa shape index (κ2) is 7.09. The number of thioether (sulfide) groups is 1. The van der Waals surface area contributed by atoms with Crippen LogP contribution in [0.5, 0.6) is 0 Å². The summed E-state index contributed by atoms with van der Waals surface area (Å²) in [7, 11) is 0. The quantitative estimate of drug-likeness (QED) is 0.402. The minimum absolute atomic E-state index is 0.167. The Bertz CT molecular complexity index is 1130. The van der Waals surface area contributed by atoms with Gasteiger partial charge in [-0.3, -0.25) is 14.3 Å². The first kappa shape index (κ1) is 16.5. The van der Waals surface area contributed by atoms with Crippen molar-refractivity contribution in [3.05, 3.63) is 94.8 Å². The molecular weight excluding hydrogens is 349 g/mol. The highest BCUT2D eigenvalue weighted by molar-refractivity contribution is 7.98. The molecule has 0 radical (unpaired) electrons. The minimum atomic E-state index is -0.268. The number of fused-ring (bicyclic) bond motifs is 1. The number of rotatable bonds is 4. The van der Waals surface area contributed by atoms with Crippen molar-refractivity contribution in [1.82, 2.24) is 14.5 Å². The van der Waals surface area contributed by atoms with Crippen molar-refractivity contribution in [2.75, 3.05) is 0 Å². The molecule has 4 rings (SSSR count). The molecule has 4 aromatic rings. The first-order valence-corrected chi connectivity index (χ1v) is 9.01. The van der Waals surface area contributed by atoms with Gasteiger partial charge in [-0.05, 0) is 35.9 Å². The molecule has 0 atom stereocenters. The van der Waals surface area contributed by atoms with Crippen molar-refractivity contribution in [2.24, 2.45) is 0 Å². The van der Waals surface area contributed by atoms with Gasteiger partial charge in [0.15, 0.2) is 5.16 Å². The van der Waals surface area contributed by atoms with Crippen molar-refractivity contribution < 1.29 is 4.39 Å². The second-order valence-electron chi connectivity index (χ2n) is 5.64. The lowest BCUT2D eigenvalue weighted by atomic mass is 10.2. The van der Waals surface area contributed by atoms with Crippen LogP contribution in [-0.2, 0) is 5.75 Å². The minimum Gasteiger partial charge on any atom is -0.268 e. The lowest BCUT2D eigenvalue weighted by Gasteiger charge is -2.13. The summed E-state index contributed by atoms with van der Waals surface area (Å²) < 4.78 is 15.5. The lowest BCUT2D eigenvalue weighted by molar-refractivity contribution is 0.617. The van der Waals surface area contributed by atoms with Gasteiger partial charge in [0.25, 0.3) is 5.56 Å². The molecule has 2 aromatic carbocycles. The van der Waals surface area contributed by atoms with Gasteiger partial charge < -0.3 is 0 Å². The van der Waals surface area contributed by atoms with Gasteiger partial charge in [-0.15, -0.1) is 0 Å². The maximum absolute atomic E-state index is 13.9. The molecule has 0 fully saturated rings. The van der Waals surface area contributed by atoms with E-state index in [4.69, 9.17) is 0 Å². The molecule has 26 heavy (non-hydrogen) atoms. The molecule has 0 aliphatic rings. The van der Waals surface area contributed by atoms with Crippen LogP contribution in [0.3, 0.4) is 0 Å². The molecule has 0 spiro atoms. The van der Waals surface area contributed by atoms with E-state index in [9.17, 15) is 9.18 Å². The fourth-order valence-electron chi connectivity index (χ4n) is 2.68. The number of hydrogen-bond donors (Lipinski definition) is 0. The molecule has 4 nitrogen and oxygen atoms in total. The van der Waals surface area contributed by atoms with Gasteiger partial charge in [0.2, 0.25) is 0 Å². The number of para-hydroxylation sites is 1. The van der Waals surface area contributed by atoms with Crippen LogP contribution in [0.25, 0.3) is 16.6 Å². The van der Waals surface area contributed by atoms with E-state index in [1.165, 1.54) is 22.4 Å². The highest BCUT2D eigenvalue weighted by atomic mass is 32.2. The number of hydrogen-bond acceptors (Lipinski definition) is 4. The summed E-state index contributed by atoms with van der Waals surface area (Å²) in [5.41, 5.74) is 1.65. The maximum Gasteiger partial charge on any atom is 0.266 e. The monoisotopic (exact) mass is 363 g/mol. The molecule has 128 valence electrons. The summed E-state index contributed by atoms with van der Waals surface area (Å²) in [6, 6.07) is 17.4. The Hall–Kier alpha value is -2.99. The molecular formula is C20H14FN3OS. The second-order valence-corrected chi connectivity index (χ2v) is 6.59. The Morgan fingerprint density at radius 3 is 2.62 bits per heavy atom. The molecule has 0 bridgehead atoms. The maximum atomic E-state index is 13.9. The predicted octanol–water partition coefficient (Wildman–Crippen LogP) is 4.21. The van der Waals surface area contributed by atoms with Crippen LogP contribution in [0.15, 0.2) is 83.0 Å². The number of halogens is 1. The zero-order chi connectivity index (χ0) is 17.9. The van der Waals surface area contributed by atoms with E-state index in [-0.39, 0.29) is 11.4 Å². The van der Waals surface area contributed by atoms with E-state index < -0.39 is 0 Å². The fraction of sp³-hybridized carbons (Fsp3) is 0.0500. The Morgan fingerprint density at radius 1 is 1.00 bits per heavy atom. The molecule has 2 aromatic heterocycles. The van der Waals surface area contributed by atoms with Gasteiger partial charge in [0.05, 0.1) is 22.8 Å². The average Bonchev–Trinajstić information content (AvgIpc) is 2.68. The third kappa shape index (κ3) is 3.11. The van der Waals surface area contributed by atoms with Crippen molar-refractivity contribution in [3.63, 3.8) is 0 Å². The van der Waals surface area contributed by atoms with E-state index in [1.807, 2.05) is 12.1 Å². The zero-order valence-corrected chi connectivity index (χ0v) is 14.5. The van der Waals surface area contributed by atoms with Gasteiger partial charge in [-0.1, -0.05) is 42.1 Å². The Balaban J connectivity index is 1.84. The van der Waals surface area contributed by atoms with Gasteiger partial charge >= 0.3 is 0 Å². The summed E-state index contributed by atoms with van der Waals surface area (Å²) >= 11 is 1.32. The van der Waals surface area contributed by atoms with Crippen molar-refractivity contribution in [2.45, 2.75) is 10.9 Å². The van der Waals surface area contributed by atoms with E-state index >= 15 is 0 Å². The smallest absolute Gasteiger partial charge is 0.266 e. The summed E-state index contributed by atoms with van der Waals surface area (Å²) in [5, 5.41) is 1.04. The number of aromatic nitrogens is 3. The zero-order valence-electron chi connectivity index (χ0n) is 13.7. The van der Waals surface area contributed by atoms with Crippen LogP contribution >= 0.6 is 11.8 Å². The number of pyridine rings is 1. The summed E-state index contributed by atoms with van der Waals surface area (Å²) in [4.78, 5) is 21.8. The van der Waals surface area contributed by atoms with Gasteiger partial charge in [0, 0.05) is 11.9 Å². The van der Waals surface area contributed by atoms with E-state index in [2.05, 4.69) is 9.97 Å². The summed E-state index contributed by atoms with van der Waals surface area (Å²) in [5.74, 6) is 0.105.